The highest BCUT2D eigenvalue weighted by Crippen LogP contribution is 2.51. The molecule has 0 heterocycles. The monoisotopic (exact) mass is 685 g/mol. The molecule has 51 heavy (non-hydrogen) atoms. The molecule has 0 aliphatic carbocycles. The Morgan fingerprint density at radius 1 is 0.373 bits per heavy atom. The summed E-state index contributed by atoms with van der Waals surface area (Å²) in [4.78, 5) is 0. The van der Waals surface area contributed by atoms with E-state index in [0.29, 0.717) is 8.52 Å². The SMILES string of the molecule is Cc1cc(C)c(-c2cccc(-c3c(C)cc(C)cc3C)c2N=P[N-]c2c(-c3c(C)cc(C)cc3C)cccc2-c2c(C)cc(C)cc2C)c(C)c1. The Bertz CT molecular complexity index is 2110. The number of benzene rings is 6. The molecule has 0 amide bonds. The van der Waals surface area contributed by atoms with Crippen LogP contribution in [0, 0.1) is 83.1 Å². The molecule has 3 heteroatoms. The van der Waals surface area contributed by atoms with E-state index in [1.54, 1.807) is 0 Å². The van der Waals surface area contributed by atoms with Gasteiger partial charge in [-0.05, 0) is 161 Å². The summed E-state index contributed by atoms with van der Waals surface area (Å²) in [6, 6.07) is 31.6. The molecule has 6 aromatic carbocycles. The molecule has 0 N–H and O–H groups in total. The minimum absolute atomic E-state index is 0.636. The molecule has 0 aliphatic heterocycles. The van der Waals surface area contributed by atoms with Gasteiger partial charge in [0, 0.05) is 11.1 Å². The van der Waals surface area contributed by atoms with Gasteiger partial charge in [0.2, 0.25) is 0 Å². The molecule has 0 aromatic heterocycles. The fraction of sp³-hybridized carbons (Fsp3) is 0.250. The fourth-order valence-corrected chi connectivity index (χ4v) is 9.30. The van der Waals surface area contributed by atoms with Gasteiger partial charge in [-0.3, -0.25) is 0 Å². The minimum Gasteiger partial charge on any atom is -0.620 e. The van der Waals surface area contributed by atoms with Gasteiger partial charge in [-0.25, -0.2) is 4.74 Å². The van der Waals surface area contributed by atoms with Crippen LogP contribution in [0.25, 0.3) is 49.6 Å². The lowest BCUT2D eigenvalue weighted by molar-refractivity contribution is 1.31. The molecule has 0 aliphatic rings. The summed E-state index contributed by atoms with van der Waals surface area (Å²) in [7, 11) is 0.636. The van der Waals surface area contributed by atoms with Gasteiger partial charge in [-0.2, -0.15) is 0 Å². The summed E-state index contributed by atoms with van der Waals surface area (Å²) in [6.45, 7) is 26.4. The summed E-state index contributed by atoms with van der Waals surface area (Å²) in [6.07, 6.45) is 0. The van der Waals surface area contributed by atoms with Gasteiger partial charge in [-0.15, -0.1) is 5.69 Å². The molecular formula is C48H50N2P-. The van der Waals surface area contributed by atoms with E-state index < -0.39 is 0 Å². The topological polar surface area (TPSA) is 26.5 Å². The summed E-state index contributed by atoms with van der Waals surface area (Å²) in [5.74, 6) is 0. The number of rotatable bonds is 7. The zero-order valence-corrected chi connectivity index (χ0v) is 33.3. The van der Waals surface area contributed by atoms with E-state index in [2.05, 4.69) is 168 Å². The van der Waals surface area contributed by atoms with E-state index in [0.717, 1.165) is 33.6 Å². The van der Waals surface area contributed by atoms with E-state index in [9.17, 15) is 0 Å². The van der Waals surface area contributed by atoms with Crippen molar-refractivity contribution < 1.29 is 0 Å². The molecule has 0 bridgehead atoms. The van der Waals surface area contributed by atoms with Crippen molar-refractivity contribution in [2.24, 2.45) is 4.74 Å². The predicted molar refractivity (Wildman–Crippen MR) is 223 cm³/mol. The molecule has 6 aromatic rings. The van der Waals surface area contributed by atoms with E-state index in [1.807, 2.05) is 0 Å². The van der Waals surface area contributed by atoms with E-state index in [4.69, 9.17) is 9.83 Å². The third kappa shape index (κ3) is 7.08. The predicted octanol–water partition coefficient (Wildman–Crippen LogP) is 15.4. The highest BCUT2D eigenvalue weighted by Gasteiger charge is 2.18. The first-order valence-corrected chi connectivity index (χ1v) is 18.8. The van der Waals surface area contributed by atoms with Crippen LogP contribution >= 0.6 is 8.52 Å². The standard InChI is InChI=1S/C48H50N2P/c1-27-19-31(5)43(32(6)20-27)39-15-13-16-40(44-33(7)21-28(2)22-34(44)8)47(39)49-51-50-48-41(45-35(9)23-29(3)24-36(45)10)17-14-18-42(48)46-37(11)25-30(4)26-38(46)12/h13-26H,1-12H3/q-1. The second-order valence-corrected chi connectivity index (χ2v) is 15.4. The van der Waals surface area contributed by atoms with Gasteiger partial charge in [0.1, 0.15) is 0 Å². The smallest absolute Gasteiger partial charge is 0.0815 e. The quantitative estimate of drug-likeness (QED) is 0.150. The summed E-state index contributed by atoms with van der Waals surface area (Å²) < 4.78 is 5.46. The van der Waals surface area contributed by atoms with E-state index in [1.165, 1.54) is 89.0 Å². The molecule has 0 atom stereocenters. The molecular weight excluding hydrogens is 636 g/mol. The first-order chi connectivity index (χ1) is 24.2. The molecule has 2 nitrogen and oxygen atoms in total. The molecule has 0 saturated heterocycles. The van der Waals surface area contributed by atoms with Gasteiger partial charge < -0.3 is 5.09 Å². The van der Waals surface area contributed by atoms with Crippen LogP contribution in [0.15, 0.2) is 89.7 Å². The molecule has 0 unspecified atom stereocenters. The highest BCUT2D eigenvalue weighted by molar-refractivity contribution is 7.31. The zero-order valence-electron chi connectivity index (χ0n) is 32.4. The Morgan fingerprint density at radius 3 is 0.922 bits per heavy atom. The van der Waals surface area contributed by atoms with Crippen molar-refractivity contribution in [3.8, 4) is 44.5 Å². The van der Waals surface area contributed by atoms with Crippen molar-refractivity contribution in [2.45, 2.75) is 83.1 Å². The van der Waals surface area contributed by atoms with Crippen LogP contribution in [0.1, 0.15) is 66.8 Å². The molecule has 258 valence electrons. The van der Waals surface area contributed by atoms with Crippen LogP contribution in [0.3, 0.4) is 0 Å². The van der Waals surface area contributed by atoms with Gasteiger partial charge in [-0.1, -0.05) is 116 Å². The third-order valence-electron chi connectivity index (χ3n) is 10.1. The van der Waals surface area contributed by atoms with Gasteiger partial charge >= 0.3 is 0 Å². The van der Waals surface area contributed by atoms with Crippen LogP contribution in [0.2, 0.25) is 0 Å². The average Bonchev–Trinajstić information content (AvgIpc) is 3.01. The maximum absolute atomic E-state index is 5.46. The average molecular weight is 686 g/mol. The Labute approximate surface area is 308 Å². The summed E-state index contributed by atoms with van der Waals surface area (Å²) >= 11 is 0. The van der Waals surface area contributed by atoms with Gasteiger partial charge in [0.25, 0.3) is 0 Å². The van der Waals surface area contributed by atoms with Crippen LogP contribution in [-0.2, 0) is 0 Å². The first kappa shape index (κ1) is 36.0. The molecule has 0 spiro atoms. The lowest BCUT2D eigenvalue weighted by Crippen LogP contribution is -1.95. The molecule has 0 saturated carbocycles. The lowest BCUT2D eigenvalue weighted by Gasteiger charge is -2.28. The molecule has 6 rings (SSSR count). The van der Waals surface area contributed by atoms with Gasteiger partial charge in [0.05, 0.1) is 5.69 Å². The van der Waals surface area contributed by atoms with Crippen molar-refractivity contribution in [1.82, 2.24) is 0 Å². The Morgan fingerprint density at radius 2 is 0.627 bits per heavy atom. The number of hydrogen-bond acceptors (Lipinski definition) is 1. The Kier molecular flexibility index (Phi) is 10.2. The summed E-state index contributed by atoms with van der Waals surface area (Å²) in [5.41, 5.74) is 26.7. The second-order valence-electron chi connectivity index (χ2n) is 14.8. The van der Waals surface area contributed by atoms with E-state index in [-0.39, 0.29) is 0 Å². The normalized spacial score (nSPS) is 11.5. The van der Waals surface area contributed by atoms with Crippen LogP contribution in [-0.4, -0.2) is 0 Å². The van der Waals surface area contributed by atoms with Crippen LogP contribution in [0.4, 0.5) is 11.4 Å². The van der Waals surface area contributed by atoms with Crippen molar-refractivity contribution in [1.29, 1.82) is 0 Å². The molecule has 0 radical (unpaired) electrons. The van der Waals surface area contributed by atoms with Crippen LogP contribution in [0.5, 0.6) is 0 Å². The van der Waals surface area contributed by atoms with Crippen molar-refractivity contribution in [2.75, 3.05) is 0 Å². The van der Waals surface area contributed by atoms with Crippen molar-refractivity contribution >= 4 is 19.9 Å². The maximum Gasteiger partial charge on any atom is 0.0815 e. The lowest BCUT2D eigenvalue weighted by atomic mass is 9.87. The molecule has 0 fully saturated rings. The second kappa shape index (κ2) is 14.5. The number of hydrogen-bond donors (Lipinski definition) is 0. The van der Waals surface area contributed by atoms with Crippen molar-refractivity contribution in [3.05, 3.63) is 157 Å². The maximum atomic E-state index is 5.46. The zero-order chi connectivity index (χ0) is 36.7. The third-order valence-corrected chi connectivity index (χ3v) is 10.7. The highest BCUT2D eigenvalue weighted by atomic mass is 31.1. The van der Waals surface area contributed by atoms with E-state index >= 15 is 0 Å². The number of aryl methyl sites for hydroxylation is 12. The Balaban J connectivity index is 1.61. The summed E-state index contributed by atoms with van der Waals surface area (Å²) in [5, 5.41) is 5.46. The first-order valence-electron chi connectivity index (χ1n) is 18.0. The van der Waals surface area contributed by atoms with Gasteiger partial charge in [0.15, 0.2) is 0 Å². The fourth-order valence-electron chi connectivity index (χ4n) is 8.64. The van der Waals surface area contributed by atoms with Crippen LogP contribution < -0.4 is 0 Å². The number of nitrogens with zero attached hydrogens (tertiary/aromatic N) is 2. The van der Waals surface area contributed by atoms with Crippen molar-refractivity contribution in [3.63, 3.8) is 0 Å². The Hall–Kier alpha value is -4.78. The minimum atomic E-state index is 0.636. The largest absolute Gasteiger partial charge is 0.620 e.